The fourth-order valence-corrected chi connectivity index (χ4v) is 4.51. The van der Waals surface area contributed by atoms with E-state index in [2.05, 4.69) is 15.5 Å². The number of benzene rings is 1. The SMILES string of the molecule is O=C(Nc1cn[nH]c1[C@H]1CCCN(C(=O)C2CCCCC2)C1)c1ccccc1. The zero-order valence-electron chi connectivity index (χ0n) is 16.2. The van der Waals surface area contributed by atoms with Crippen molar-refractivity contribution < 1.29 is 9.59 Å². The summed E-state index contributed by atoms with van der Waals surface area (Å²) in [4.78, 5) is 27.5. The van der Waals surface area contributed by atoms with Crippen LogP contribution in [0.15, 0.2) is 36.5 Å². The van der Waals surface area contributed by atoms with Crippen LogP contribution in [0.2, 0.25) is 0 Å². The van der Waals surface area contributed by atoms with Crippen molar-refractivity contribution in [2.45, 2.75) is 50.9 Å². The Morgan fingerprint density at radius 1 is 1.04 bits per heavy atom. The molecule has 2 fully saturated rings. The summed E-state index contributed by atoms with van der Waals surface area (Å²) in [5, 5.41) is 10.2. The highest BCUT2D eigenvalue weighted by Crippen LogP contribution is 2.33. The number of aromatic amines is 1. The van der Waals surface area contributed by atoms with Crippen molar-refractivity contribution >= 4 is 17.5 Å². The summed E-state index contributed by atoms with van der Waals surface area (Å²) in [7, 11) is 0. The average molecular weight is 380 g/mol. The Hall–Kier alpha value is -2.63. The van der Waals surface area contributed by atoms with Gasteiger partial charge in [-0.1, -0.05) is 37.5 Å². The Balaban J connectivity index is 1.43. The molecule has 1 aliphatic carbocycles. The van der Waals surface area contributed by atoms with E-state index in [0.717, 1.165) is 37.9 Å². The summed E-state index contributed by atoms with van der Waals surface area (Å²) < 4.78 is 0. The molecule has 2 amide bonds. The van der Waals surface area contributed by atoms with Gasteiger partial charge in [0.25, 0.3) is 5.91 Å². The first-order chi connectivity index (χ1) is 13.7. The maximum atomic E-state index is 12.9. The molecule has 4 rings (SSSR count). The zero-order chi connectivity index (χ0) is 19.3. The molecule has 2 N–H and O–H groups in total. The third-order valence-corrected chi connectivity index (χ3v) is 6.05. The van der Waals surface area contributed by atoms with Gasteiger partial charge >= 0.3 is 0 Å². The Bertz CT molecular complexity index is 811. The van der Waals surface area contributed by atoms with Crippen molar-refractivity contribution in [1.82, 2.24) is 15.1 Å². The minimum absolute atomic E-state index is 0.144. The number of anilines is 1. The van der Waals surface area contributed by atoms with Crippen molar-refractivity contribution in [2.24, 2.45) is 5.92 Å². The van der Waals surface area contributed by atoms with Crippen LogP contribution in [-0.4, -0.2) is 40.0 Å². The zero-order valence-corrected chi connectivity index (χ0v) is 16.2. The molecule has 2 aliphatic rings. The fraction of sp³-hybridized carbons (Fsp3) is 0.500. The number of piperidine rings is 1. The molecule has 0 bridgehead atoms. The van der Waals surface area contributed by atoms with Gasteiger partial charge in [0.05, 0.1) is 17.6 Å². The molecule has 1 saturated carbocycles. The smallest absolute Gasteiger partial charge is 0.255 e. The van der Waals surface area contributed by atoms with Crippen molar-refractivity contribution in [3.05, 3.63) is 47.8 Å². The van der Waals surface area contributed by atoms with E-state index in [0.29, 0.717) is 23.7 Å². The normalized spacial score (nSPS) is 20.7. The van der Waals surface area contributed by atoms with Gasteiger partial charge in [0.1, 0.15) is 0 Å². The topological polar surface area (TPSA) is 78.1 Å². The second kappa shape index (κ2) is 8.59. The van der Waals surface area contributed by atoms with E-state index in [1.807, 2.05) is 23.1 Å². The number of H-pyrrole nitrogens is 1. The van der Waals surface area contributed by atoms with Gasteiger partial charge in [-0.05, 0) is 37.8 Å². The van der Waals surface area contributed by atoms with Crippen LogP contribution < -0.4 is 5.32 Å². The first kappa shape index (κ1) is 18.7. The molecule has 1 atom stereocenters. The molecule has 1 saturated heterocycles. The molecule has 2 aromatic rings. The summed E-state index contributed by atoms with van der Waals surface area (Å²) >= 11 is 0. The van der Waals surface area contributed by atoms with E-state index in [9.17, 15) is 9.59 Å². The van der Waals surface area contributed by atoms with Crippen molar-refractivity contribution in [3.8, 4) is 0 Å². The molecule has 1 aliphatic heterocycles. The summed E-state index contributed by atoms with van der Waals surface area (Å²) in [5.41, 5.74) is 2.25. The van der Waals surface area contributed by atoms with E-state index in [1.165, 1.54) is 19.3 Å². The number of nitrogens with zero attached hydrogens (tertiary/aromatic N) is 2. The van der Waals surface area contributed by atoms with Crippen LogP contribution in [0, 0.1) is 5.92 Å². The van der Waals surface area contributed by atoms with Crippen molar-refractivity contribution in [1.29, 1.82) is 0 Å². The van der Waals surface area contributed by atoms with Gasteiger partial charge in [-0.25, -0.2) is 0 Å². The lowest BCUT2D eigenvalue weighted by molar-refractivity contribution is -0.137. The number of carbonyl (C=O) groups excluding carboxylic acids is 2. The second-order valence-electron chi connectivity index (χ2n) is 7.98. The van der Waals surface area contributed by atoms with E-state index in [4.69, 9.17) is 0 Å². The van der Waals surface area contributed by atoms with Gasteiger partial charge in [-0.3, -0.25) is 14.7 Å². The largest absolute Gasteiger partial charge is 0.342 e. The lowest BCUT2D eigenvalue weighted by Crippen LogP contribution is -2.43. The van der Waals surface area contributed by atoms with Crippen LogP contribution in [0.5, 0.6) is 0 Å². The molecule has 2 heterocycles. The number of rotatable bonds is 4. The molecule has 0 unspecified atom stereocenters. The number of aromatic nitrogens is 2. The van der Waals surface area contributed by atoms with Gasteiger partial charge in [0.15, 0.2) is 0 Å². The average Bonchev–Trinajstić information content (AvgIpc) is 3.22. The van der Waals surface area contributed by atoms with Crippen LogP contribution in [-0.2, 0) is 4.79 Å². The van der Waals surface area contributed by atoms with Crippen molar-refractivity contribution in [2.75, 3.05) is 18.4 Å². The molecular formula is C22H28N4O2. The number of amides is 2. The number of carbonyl (C=O) groups is 2. The van der Waals surface area contributed by atoms with E-state index in [-0.39, 0.29) is 17.7 Å². The molecule has 0 spiro atoms. The number of likely N-dealkylation sites (tertiary alicyclic amines) is 1. The minimum Gasteiger partial charge on any atom is -0.342 e. The van der Waals surface area contributed by atoms with Crippen molar-refractivity contribution in [3.63, 3.8) is 0 Å². The molecule has 28 heavy (non-hydrogen) atoms. The van der Waals surface area contributed by atoms with Crippen LogP contribution >= 0.6 is 0 Å². The molecule has 1 aromatic heterocycles. The monoisotopic (exact) mass is 380 g/mol. The molecule has 148 valence electrons. The predicted octanol–water partition coefficient (Wildman–Crippen LogP) is 3.95. The number of hydrogen-bond donors (Lipinski definition) is 2. The van der Waals surface area contributed by atoms with Crippen LogP contribution in [0.3, 0.4) is 0 Å². The second-order valence-corrected chi connectivity index (χ2v) is 7.98. The summed E-state index contributed by atoms with van der Waals surface area (Å²) in [6.07, 6.45) is 9.29. The number of nitrogens with one attached hydrogen (secondary N) is 2. The summed E-state index contributed by atoms with van der Waals surface area (Å²) in [5.74, 6) is 0.550. The maximum absolute atomic E-state index is 12.9. The third-order valence-electron chi connectivity index (χ3n) is 6.05. The Kier molecular flexibility index (Phi) is 5.74. The Morgan fingerprint density at radius 2 is 1.82 bits per heavy atom. The lowest BCUT2D eigenvalue weighted by atomic mass is 9.86. The third kappa shape index (κ3) is 4.11. The van der Waals surface area contributed by atoms with Crippen LogP contribution in [0.4, 0.5) is 5.69 Å². The van der Waals surface area contributed by atoms with Gasteiger partial charge in [-0.2, -0.15) is 5.10 Å². The first-order valence-corrected chi connectivity index (χ1v) is 10.4. The standard InChI is InChI=1S/C22H28N4O2/c27-21(16-8-3-1-4-9-16)24-19-14-23-25-20(19)18-12-7-13-26(15-18)22(28)17-10-5-2-6-11-17/h1,3-4,8-9,14,17-18H,2,5-7,10-13,15H2,(H,23,25)(H,24,27)/t18-/m0/s1. The van der Waals surface area contributed by atoms with Crippen LogP contribution in [0.1, 0.15) is 66.9 Å². The van der Waals surface area contributed by atoms with E-state index >= 15 is 0 Å². The van der Waals surface area contributed by atoms with E-state index < -0.39 is 0 Å². The highest BCUT2D eigenvalue weighted by molar-refractivity contribution is 6.04. The Labute approximate surface area is 165 Å². The summed E-state index contributed by atoms with van der Waals surface area (Å²) in [6, 6.07) is 9.17. The van der Waals surface area contributed by atoms with Gasteiger partial charge in [0.2, 0.25) is 5.91 Å². The lowest BCUT2D eigenvalue weighted by Gasteiger charge is -2.35. The minimum atomic E-state index is -0.144. The van der Waals surface area contributed by atoms with Gasteiger partial charge in [0, 0.05) is 30.5 Å². The quantitative estimate of drug-likeness (QED) is 0.843. The molecule has 6 nitrogen and oxygen atoms in total. The fourth-order valence-electron chi connectivity index (χ4n) is 4.51. The maximum Gasteiger partial charge on any atom is 0.255 e. The number of hydrogen-bond acceptors (Lipinski definition) is 3. The molecular weight excluding hydrogens is 352 g/mol. The highest BCUT2D eigenvalue weighted by Gasteiger charge is 2.31. The molecule has 6 heteroatoms. The van der Waals surface area contributed by atoms with Gasteiger partial charge < -0.3 is 10.2 Å². The van der Waals surface area contributed by atoms with Gasteiger partial charge in [-0.15, -0.1) is 0 Å². The van der Waals surface area contributed by atoms with Crippen LogP contribution in [0.25, 0.3) is 0 Å². The predicted molar refractivity (Wildman–Crippen MR) is 108 cm³/mol. The first-order valence-electron chi connectivity index (χ1n) is 10.4. The summed E-state index contributed by atoms with van der Waals surface area (Å²) in [6.45, 7) is 1.54. The highest BCUT2D eigenvalue weighted by atomic mass is 16.2. The Morgan fingerprint density at radius 3 is 2.61 bits per heavy atom. The molecule has 1 aromatic carbocycles. The van der Waals surface area contributed by atoms with E-state index in [1.54, 1.807) is 18.3 Å². The molecule has 0 radical (unpaired) electrons.